The molecule has 0 heterocycles. The molecule has 0 amide bonds. The first-order valence-electron chi connectivity index (χ1n) is 7.84. The molecule has 0 aliphatic heterocycles. The lowest BCUT2D eigenvalue weighted by atomic mass is 9.57. The summed E-state index contributed by atoms with van der Waals surface area (Å²) in [4.78, 5) is 12.5. The van der Waals surface area contributed by atoms with Crippen molar-refractivity contribution >= 4 is 11.9 Å². The van der Waals surface area contributed by atoms with Gasteiger partial charge in [0.1, 0.15) is 5.82 Å². The lowest BCUT2D eigenvalue weighted by molar-refractivity contribution is -0.113. The molecule has 2 aliphatic rings. The Morgan fingerprint density at radius 2 is 2.09 bits per heavy atom. The fourth-order valence-electron chi connectivity index (χ4n) is 3.80. The number of hydrogen-bond donors (Lipinski definition) is 1. The van der Waals surface area contributed by atoms with Crippen molar-refractivity contribution in [2.75, 3.05) is 0 Å². The van der Waals surface area contributed by atoms with Crippen molar-refractivity contribution in [1.29, 1.82) is 0 Å². The van der Waals surface area contributed by atoms with Crippen molar-refractivity contribution in [2.24, 2.45) is 11.3 Å². The minimum atomic E-state index is -0.459. The maximum Gasteiger partial charge on any atom is 0.182 e. The first kappa shape index (κ1) is 15.2. The van der Waals surface area contributed by atoms with Crippen LogP contribution in [0.25, 0.3) is 6.08 Å². The minimum absolute atomic E-state index is 0.0580. The van der Waals surface area contributed by atoms with E-state index < -0.39 is 11.5 Å². The van der Waals surface area contributed by atoms with E-state index in [2.05, 4.69) is 0 Å². The highest BCUT2D eigenvalue weighted by atomic mass is 19.1. The predicted molar refractivity (Wildman–Crippen MR) is 84.6 cm³/mol. The van der Waals surface area contributed by atoms with Gasteiger partial charge < -0.3 is 5.11 Å². The van der Waals surface area contributed by atoms with Crippen molar-refractivity contribution in [2.45, 2.75) is 39.2 Å². The molecule has 1 fully saturated rings. The van der Waals surface area contributed by atoms with Crippen LogP contribution in [0.4, 0.5) is 4.39 Å². The standard InChI is InChI=1S/C19H21FO2/c1-12-15(10-13-6-3-4-8-16(13)20)17(21)11-14-7-5-9-18(22)19(12,14)2/h3-4,6,8,10-12,18,22H,5,7,9H2,1-2H3/b15-10+/t12-,18-,19-/m0/s1. The number of ketones is 1. The molecule has 116 valence electrons. The van der Waals surface area contributed by atoms with Gasteiger partial charge in [0, 0.05) is 16.6 Å². The third-order valence-electron chi connectivity index (χ3n) is 5.48. The number of carbonyl (C=O) groups is 1. The molecule has 22 heavy (non-hydrogen) atoms. The van der Waals surface area contributed by atoms with E-state index in [9.17, 15) is 14.3 Å². The van der Waals surface area contributed by atoms with Crippen LogP contribution in [0.1, 0.15) is 38.7 Å². The van der Waals surface area contributed by atoms with Crippen molar-refractivity contribution < 1.29 is 14.3 Å². The van der Waals surface area contributed by atoms with E-state index in [0.29, 0.717) is 11.1 Å². The Morgan fingerprint density at radius 3 is 2.82 bits per heavy atom. The number of allylic oxidation sites excluding steroid dienone is 2. The maximum absolute atomic E-state index is 13.9. The van der Waals surface area contributed by atoms with Gasteiger partial charge in [0.2, 0.25) is 0 Å². The smallest absolute Gasteiger partial charge is 0.182 e. The Kier molecular flexibility index (Phi) is 3.77. The highest BCUT2D eigenvalue weighted by molar-refractivity contribution is 6.09. The van der Waals surface area contributed by atoms with E-state index in [1.807, 2.05) is 13.8 Å². The van der Waals surface area contributed by atoms with E-state index in [1.54, 1.807) is 30.4 Å². The van der Waals surface area contributed by atoms with Gasteiger partial charge in [-0.3, -0.25) is 4.79 Å². The molecule has 0 saturated heterocycles. The zero-order valence-electron chi connectivity index (χ0n) is 13.0. The van der Waals surface area contributed by atoms with Gasteiger partial charge in [0.15, 0.2) is 5.78 Å². The summed E-state index contributed by atoms with van der Waals surface area (Å²) in [6, 6.07) is 6.45. The zero-order chi connectivity index (χ0) is 15.9. The molecular weight excluding hydrogens is 279 g/mol. The van der Waals surface area contributed by atoms with Gasteiger partial charge >= 0.3 is 0 Å². The van der Waals surface area contributed by atoms with E-state index in [4.69, 9.17) is 0 Å². The second-order valence-electron chi connectivity index (χ2n) is 6.57. The second-order valence-corrected chi connectivity index (χ2v) is 6.57. The molecule has 0 spiro atoms. The largest absolute Gasteiger partial charge is 0.392 e. The molecular formula is C19H21FO2. The van der Waals surface area contributed by atoms with Crippen LogP contribution < -0.4 is 0 Å². The summed E-state index contributed by atoms with van der Waals surface area (Å²) in [5.74, 6) is -0.522. The summed E-state index contributed by atoms with van der Waals surface area (Å²) in [6.45, 7) is 3.99. The number of aliphatic hydroxyl groups excluding tert-OH is 1. The highest BCUT2D eigenvalue weighted by Crippen LogP contribution is 2.51. The summed E-state index contributed by atoms with van der Waals surface area (Å²) < 4.78 is 13.9. The molecule has 3 rings (SSSR count). The summed E-state index contributed by atoms with van der Waals surface area (Å²) in [7, 11) is 0. The summed E-state index contributed by atoms with van der Waals surface area (Å²) in [5.41, 5.74) is 1.61. The van der Waals surface area contributed by atoms with Gasteiger partial charge in [-0.1, -0.05) is 37.6 Å². The fourth-order valence-corrected chi connectivity index (χ4v) is 3.80. The molecule has 2 nitrogen and oxygen atoms in total. The Balaban J connectivity index is 2.09. The lowest BCUT2D eigenvalue weighted by Crippen LogP contribution is -2.46. The monoisotopic (exact) mass is 300 g/mol. The average Bonchev–Trinajstić information content (AvgIpc) is 2.49. The van der Waals surface area contributed by atoms with E-state index in [1.165, 1.54) is 6.07 Å². The molecule has 1 aromatic rings. The van der Waals surface area contributed by atoms with Crippen LogP contribution in [0.15, 0.2) is 41.5 Å². The predicted octanol–water partition coefficient (Wildman–Crippen LogP) is 3.91. The number of rotatable bonds is 1. The van der Waals surface area contributed by atoms with Gasteiger partial charge in [0.25, 0.3) is 0 Å². The van der Waals surface area contributed by atoms with E-state index in [0.717, 1.165) is 24.8 Å². The molecule has 1 aromatic carbocycles. The third kappa shape index (κ3) is 2.24. The van der Waals surface area contributed by atoms with Crippen LogP contribution in [0.5, 0.6) is 0 Å². The molecule has 2 aliphatic carbocycles. The highest BCUT2D eigenvalue weighted by Gasteiger charge is 2.48. The summed E-state index contributed by atoms with van der Waals surface area (Å²) in [6.07, 6.45) is 5.36. The molecule has 0 unspecified atom stereocenters. The Bertz CT molecular complexity index is 674. The van der Waals surface area contributed by atoms with Gasteiger partial charge in [-0.05, 0) is 43.4 Å². The number of aliphatic hydroxyl groups is 1. The van der Waals surface area contributed by atoms with Crippen LogP contribution in [0.3, 0.4) is 0 Å². The zero-order valence-corrected chi connectivity index (χ0v) is 13.0. The van der Waals surface area contributed by atoms with E-state index in [-0.39, 0.29) is 17.5 Å². The average molecular weight is 300 g/mol. The Hall–Kier alpha value is -1.74. The molecule has 0 bridgehead atoms. The summed E-state index contributed by atoms with van der Waals surface area (Å²) in [5, 5.41) is 10.5. The topological polar surface area (TPSA) is 37.3 Å². The first-order valence-corrected chi connectivity index (χ1v) is 7.84. The van der Waals surface area contributed by atoms with Crippen LogP contribution in [0.2, 0.25) is 0 Å². The normalized spacial score (nSPS) is 33.5. The fraction of sp³-hybridized carbons (Fsp3) is 0.421. The van der Waals surface area contributed by atoms with Crippen molar-refractivity contribution in [3.05, 3.63) is 52.9 Å². The van der Waals surface area contributed by atoms with Crippen molar-refractivity contribution in [1.82, 2.24) is 0 Å². The van der Waals surface area contributed by atoms with Gasteiger partial charge in [-0.2, -0.15) is 0 Å². The van der Waals surface area contributed by atoms with Gasteiger partial charge in [-0.25, -0.2) is 4.39 Å². The Morgan fingerprint density at radius 1 is 1.36 bits per heavy atom. The Labute approximate surface area is 130 Å². The number of hydrogen-bond acceptors (Lipinski definition) is 2. The maximum atomic E-state index is 13.9. The second kappa shape index (κ2) is 5.47. The van der Waals surface area contributed by atoms with Crippen molar-refractivity contribution in [3.63, 3.8) is 0 Å². The minimum Gasteiger partial charge on any atom is -0.392 e. The molecule has 3 heteroatoms. The van der Waals surface area contributed by atoms with Gasteiger partial charge in [0.05, 0.1) is 6.10 Å². The first-order chi connectivity index (χ1) is 10.4. The van der Waals surface area contributed by atoms with E-state index >= 15 is 0 Å². The molecule has 1 N–H and O–H groups in total. The number of benzene rings is 1. The quantitative estimate of drug-likeness (QED) is 0.799. The van der Waals surface area contributed by atoms with Crippen LogP contribution >= 0.6 is 0 Å². The van der Waals surface area contributed by atoms with Crippen LogP contribution in [-0.2, 0) is 4.79 Å². The number of carbonyl (C=O) groups excluding carboxylic acids is 1. The lowest BCUT2D eigenvalue weighted by Gasteiger charge is -2.48. The molecule has 0 aromatic heterocycles. The SMILES string of the molecule is C[C@H]1/C(=C\c2ccccc2F)C(=O)C=C2CCC[C@H](O)[C@]21C. The summed E-state index contributed by atoms with van der Waals surface area (Å²) >= 11 is 0. The van der Waals surface area contributed by atoms with Crippen LogP contribution in [-0.4, -0.2) is 17.0 Å². The molecule has 3 atom stereocenters. The molecule has 1 saturated carbocycles. The third-order valence-corrected chi connectivity index (χ3v) is 5.48. The number of fused-ring (bicyclic) bond motifs is 1. The van der Waals surface area contributed by atoms with Crippen molar-refractivity contribution in [3.8, 4) is 0 Å². The van der Waals surface area contributed by atoms with Gasteiger partial charge in [-0.15, -0.1) is 0 Å². The van der Waals surface area contributed by atoms with Crippen LogP contribution in [0, 0.1) is 17.2 Å². The number of halogens is 1. The molecule has 0 radical (unpaired) electrons.